The first kappa shape index (κ1) is 17.3. The first-order chi connectivity index (χ1) is 12.1. The fourth-order valence-corrected chi connectivity index (χ4v) is 3.50. The Kier molecular flexibility index (Phi) is 4.96. The maximum atomic E-state index is 12.6. The third-order valence-electron chi connectivity index (χ3n) is 3.54. The molecule has 0 aliphatic rings. The molecular weight excluding hydrogens is 364 g/mol. The first-order valence-electron chi connectivity index (χ1n) is 7.23. The molecule has 0 radical (unpaired) electrons. The van der Waals surface area contributed by atoms with Crippen LogP contribution in [0.1, 0.15) is 10.4 Å². The van der Waals surface area contributed by atoms with Crippen molar-refractivity contribution in [2.75, 3.05) is 26.6 Å². The monoisotopic (exact) mass is 378 g/mol. The first-order valence-corrected chi connectivity index (χ1v) is 8.43. The van der Waals surface area contributed by atoms with E-state index in [-0.39, 0.29) is 5.91 Å². The SMILES string of the molecule is COc1ccc(Cl)cc1C(=O)Nc1nc2c(OC)ccc(OC)c2s1. The second kappa shape index (κ2) is 7.16. The van der Waals surface area contributed by atoms with Crippen molar-refractivity contribution in [2.45, 2.75) is 0 Å². The number of benzene rings is 2. The van der Waals surface area contributed by atoms with Gasteiger partial charge in [0, 0.05) is 5.02 Å². The highest BCUT2D eigenvalue weighted by atomic mass is 35.5. The Bertz CT molecular complexity index is 901. The van der Waals surface area contributed by atoms with Gasteiger partial charge in [-0.1, -0.05) is 22.9 Å². The molecule has 3 aromatic rings. The van der Waals surface area contributed by atoms with Gasteiger partial charge in [0.25, 0.3) is 5.91 Å². The number of fused-ring (bicyclic) bond motifs is 1. The van der Waals surface area contributed by atoms with Gasteiger partial charge < -0.3 is 14.2 Å². The molecule has 0 saturated carbocycles. The summed E-state index contributed by atoms with van der Waals surface area (Å²) in [5.74, 6) is 1.33. The Hall–Kier alpha value is -2.51. The highest BCUT2D eigenvalue weighted by Crippen LogP contribution is 2.39. The summed E-state index contributed by atoms with van der Waals surface area (Å²) >= 11 is 7.28. The number of carbonyl (C=O) groups excluding carboxylic acids is 1. The van der Waals surface area contributed by atoms with E-state index in [9.17, 15) is 4.79 Å². The van der Waals surface area contributed by atoms with Gasteiger partial charge in [0.2, 0.25) is 0 Å². The van der Waals surface area contributed by atoms with Crippen LogP contribution in [-0.4, -0.2) is 32.2 Å². The van der Waals surface area contributed by atoms with Gasteiger partial charge in [-0.2, -0.15) is 0 Å². The minimum Gasteiger partial charge on any atom is -0.496 e. The smallest absolute Gasteiger partial charge is 0.261 e. The summed E-state index contributed by atoms with van der Waals surface area (Å²) in [6, 6.07) is 8.41. The van der Waals surface area contributed by atoms with Gasteiger partial charge in [0.1, 0.15) is 27.5 Å². The predicted octanol–water partition coefficient (Wildman–Crippen LogP) is 4.23. The quantitative estimate of drug-likeness (QED) is 0.719. The average Bonchev–Trinajstić information content (AvgIpc) is 3.04. The predicted molar refractivity (Wildman–Crippen MR) is 98.7 cm³/mol. The van der Waals surface area contributed by atoms with Crippen molar-refractivity contribution in [1.82, 2.24) is 4.98 Å². The van der Waals surface area contributed by atoms with Crippen LogP contribution in [0.2, 0.25) is 5.02 Å². The van der Waals surface area contributed by atoms with Gasteiger partial charge in [-0.15, -0.1) is 0 Å². The average molecular weight is 379 g/mol. The van der Waals surface area contributed by atoms with E-state index in [2.05, 4.69) is 10.3 Å². The fourth-order valence-electron chi connectivity index (χ4n) is 2.36. The number of nitrogens with zero attached hydrogens (tertiary/aromatic N) is 1. The molecule has 3 rings (SSSR count). The summed E-state index contributed by atoms with van der Waals surface area (Å²) < 4.78 is 16.7. The largest absolute Gasteiger partial charge is 0.496 e. The second-order valence-electron chi connectivity index (χ2n) is 4.97. The lowest BCUT2D eigenvalue weighted by Gasteiger charge is -2.08. The lowest BCUT2D eigenvalue weighted by Crippen LogP contribution is -2.13. The van der Waals surface area contributed by atoms with Crippen LogP contribution in [0.5, 0.6) is 17.2 Å². The van der Waals surface area contributed by atoms with Crippen molar-refractivity contribution in [3.05, 3.63) is 40.9 Å². The van der Waals surface area contributed by atoms with E-state index in [1.807, 2.05) is 0 Å². The maximum Gasteiger partial charge on any atom is 0.261 e. The standard InChI is InChI=1S/C17H15ClN2O4S/c1-22-11-5-4-9(18)8-10(11)16(21)20-17-19-14-12(23-2)6-7-13(24-3)15(14)25-17/h4-8H,1-3H3,(H,19,20,21). The van der Waals surface area contributed by atoms with Crippen LogP contribution in [0.3, 0.4) is 0 Å². The number of thiazole rings is 1. The van der Waals surface area contributed by atoms with Crippen molar-refractivity contribution in [3.8, 4) is 17.2 Å². The molecule has 0 aliphatic heterocycles. The molecule has 1 heterocycles. The van der Waals surface area contributed by atoms with E-state index in [0.29, 0.717) is 38.5 Å². The summed E-state index contributed by atoms with van der Waals surface area (Å²) in [6.07, 6.45) is 0. The van der Waals surface area contributed by atoms with E-state index in [4.69, 9.17) is 25.8 Å². The Balaban J connectivity index is 1.98. The second-order valence-corrected chi connectivity index (χ2v) is 6.40. The Morgan fingerprint density at radius 2 is 1.68 bits per heavy atom. The number of carbonyl (C=O) groups is 1. The topological polar surface area (TPSA) is 69.7 Å². The van der Waals surface area contributed by atoms with Crippen LogP contribution in [-0.2, 0) is 0 Å². The molecule has 0 bridgehead atoms. The van der Waals surface area contributed by atoms with E-state index >= 15 is 0 Å². The van der Waals surface area contributed by atoms with Crippen LogP contribution in [0.25, 0.3) is 10.2 Å². The molecule has 0 fully saturated rings. The molecule has 0 saturated heterocycles. The Morgan fingerprint density at radius 1 is 1.04 bits per heavy atom. The van der Waals surface area contributed by atoms with Crippen molar-refractivity contribution < 1.29 is 19.0 Å². The summed E-state index contributed by atoms with van der Waals surface area (Å²) in [4.78, 5) is 17.0. The summed E-state index contributed by atoms with van der Waals surface area (Å²) in [6.45, 7) is 0. The number of rotatable bonds is 5. The Morgan fingerprint density at radius 3 is 2.36 bits per heavy atom. The van der Waals surface area contributed by atoms with Crippen molar-refractivity contribution in [3.63, 3.8) is 0 Å². The number of hydrogen-bond donors (Lipinski definition) is 1. The molecule has 25 heavy (non-hydrogen) atoms. The number of ether oxygens (including phenoxy) is 3. The van der Waals surface area contributed by atoms with Gasteiger partial charge in [-0.3, -0.25) is 10.1 Å². The number of hydrogen-bond acceptors (Lipinski definition) is 6. The fraction of sp³-hybridized carbons (Fsp3) is 0.176. The van der Waals surface area contributed by atoms with Crippen molar-refractivity contribution in [2.24, 2.45) is 0 Å². The van der Waals surface area contributed by atoms with E-state index in [1.165, 1.54) is 18.4 Å². The van der Waals surface area contributed by atoms with Gasteiger partial charge in [-0.05, 0) is 30.3 Å². The summed E-state index contributed by atoms with van der Waals surface area (Å²) in [7, 11) is 4.64. The highest BCUT2D eigenvalue weighted by Gasteiger charge is 2.18. The van der Waals surface area contributed by atoms with E-state index in [1.54, 1.807) is 44.6 Å². The highest BCUT2D eigenvalue weighted by molar-refractivity contribution is 7.22. The zero-order valence-electron chi connectivity index (χ0n) is 13.8. The van der Waals surface area contributed by atoms with Gasteiger partial charge in [-0.25, -0.2) is 4.98 Å². The zero-order chi connectivity index (χ0) is 18.0. The molecular formula is C17H15ClN2O4S. The van der Waals surface area contributed by atoms with Crippen LogP contribution in [0, 0.1) is 0 Å². The number of halogens is 1. The molecule has 1 N–H and O–H groups in total. The van der Waals surface area contributed by atoms with Crippen molar-refractivity contribution in [1.29, 1.82) is 0 Å². The van der Waals surface area contributed by atoms with Crippen LogP contribution >= 0.6 is 22.9 Å². The number of nitrogens with one attached hydrogen (secondary N) is 1. The molecule has 6 nitrogen and oxygen atoms in total. The summed E-state index contributed by atoms with van der Waals surface area (Å²) in [5, 5.41) is 3.64. The van der Waals surface area contributed by atoms with Crippen LogP contribution in [0.15, 0.2) is 30.3 Å². The molecule has 0 unspecified atom stereocenters. The lowest BCUT2D eigenvalue weighted by molar-refractivity contribution is 0.102. The number of amides is 1. The molecule has 0 aliphatic carbocycles. The molecule has 1 amide bonds. The van der Waals surface area contributed by atoms with Gasteiger partial charge in [0.05, 0.1) is 26.9 Å². The van der Waals surface area contributed by atoms with Gasteiger partial charge >= 0.3 is 0 Å². The molecule has 1 aromatic heterocycles. The zero-order valence-corrected chi connectivity index (χ0v) is 15.3. The Labute approximate surface area is 153 Å². The lowest BCUT2D eigenvalue weighted by atomic mass is 10.2. The number of anilines is 1. The molecule has 130 valence electrons. The van der Waals surface area contributed by atoms with E-state index < -0.39 is 0 Å². The molecule has 0 spiro atoms. The summed E-state index contributed by atoms with van der Waals surface area (Å²) in [5.41, 5.74) is 0.952. The van der Waals surface area contributed by atoms with Crippen molar-refractivity contribution >= 4 is 44.2 Å². The van der Waals surface area contributed by atoms with Gasteiger partial charge in [0.15, 0.2) is 5.13 Å². The third-order valence-corrected chi connectivity index (χ3v) is 4.76. The van der Waals surface area contributed by atoms with Crippen LogP contribution < -0.4 is 19.5 Å². The minimum absolute atomic E-state index is 0.327. The number of methoxy groups -OCH3 is 3. The van der Waals surface area contributed by atoms with E-state index in [0.717, 1.165) is 4.70 Å². The molecule has 8 heteroatoms. The maximum absolute atomic E-state index is 12.6. The molecule has 2 aromatic carbocycles. The minimum atomic E-state index is -0.365. The van der Waals surface area contributed by atoms with Crippen LogP contribution in [0.4, 0.5) is 5.13 Å². The molecule has 0 atom stereocenters. The normalized spacial score (nSPS) is 10.6. The third kappa shape index (κ3) is 3.33. The number of aromatic nitrogens is 1.